The predicted molar refractivity (Wildman–Crippen MR) is 195 cm³/mol. The predicted octanol–water partition coefficient (Wildman–Crippen LogP) is 11.6. The van der Waals surface area contributed by atoms with Crippen LogP contribution in [0.15, 0.2) is 152 Å². The van der Waals surface area contributed by atoms with Crippen molar-refractivity contribution in [3.8, 4) is 28.3 Å². The van der Waals surface area contributed by atoms with Crippen molar-refractivity contribution in [2.75, 3.05) is 0 Å². The zero-order valence-electron chi connectivity index (χ0n) is 24.7. The number of fused-ring (bicyclic) bond motifs is 11. The fraction of sp³-hybridized carbons (Fsp3) is 0. The Morgan fingerprint density at radius 1 is 0.478 bits per heavy atom. The third kappa shape index (κ3) is 3.65. The molecule has 3 aromatic heterocycles. The van der Waals surface area contributed by atoms with Crippen LogP contribution in [-0.2, 0) is 0 Å². The number of thiophene rings is 1. The summed E-state index contributed by atoms with van der Waals surface area (Å²) in [5, 5.41) is 8.83. The lowest BCUT2D eigenvalue weighted by Gasteiger charge is -2.13. The Bertz CT molecular complexity index is 2810. The first-order chi connectivity index (χ1) is 22.8. The molecule has 4 heteroatoms. The summed E-state index contributed by atoms with van der Waals surface area (Å²) >= 11 is 1.89. The van der Waals surface area contributed by atoms with E-state index in [9.17, 15) is 0 Å². The second-order valence-electron chi connectivity index (χ2n) is 11.8. The molecule has 0 aliphatic carbocycles. The highest BCUT2D eigenvalue weighted by Crippen LogP contribution is 2.47. The Labute approximate surface area is 268 Å². The summed E-state index contributed by atoms with van der Waals surface area (Å²) in [7, 11) is 0. The van der Waals surface area contributed by atoms with E-state index in [4.69, 9.17) is 9.97 Å². The third-order valence-electron chi connectivity index (χ3n) is 9.16. The molecule has 3 heterocycles. The first-order valence-electron chi connectivity index (χ1n) is 15.5. The minimum Gasteiger partial charge on any atom is -0.308 e. The molecule has 0 fully saturated rings. The molecule has 0 aliphatic rings. The first kappa shape index (κ1) is 25.5. The van der Waals surface area contributed by atoms with Crippen LogP contribution in [0.3, 0.4) is 0 Å². The molecule has 0 saturated carbocycles. The molecular weight excluding hydrogens is 579 g/mol. The minimum atomic E-state index is 0.720. The van der Waals surface area contributed by atoms with Crippen LogP contribution < -0.4 is 0 Å². The van der Waals surface area contributed by atoms with Crippen molar-refractivity contribution in [2.24, 2.45) is 0 Å². The van der Waals surface area contributed by atoms with Gasteiger partial charge in [-0.25, -0.2) is 9.97 Å². The van der Waals surface area contributed by atoms with Gasteiger partial charge in [-0.1, -0.05) is 121 Å². The van der Waals surface area contributed by atoms with E-state index in [0.29, 0.717) is 0 Å². The number of rotatable bonds is 3. The van der Waals surface area contributed by atoms with Crippen molar-refractivity contribution in [1.29, 1.82) is 0 Å². The molecule has 10 aromatic rings. The molecule has 10 rings (SSSR count). The van der Waals surface area contributed by atoms with Crippen molar-refractivity contribution in [3.63, 3.8) is 0 Å². The number of benzene rings is 7. The maximum absolute atomic E-state index is 5.19. The minimum absolute atomic E-state index is 0.720. The van der Waals surface area contributed by atoms with Crippen LogP contribution in [0.4, 0.5) is 0 Å². The summed E-state index contributed by atoms with van der Waals surface area (Å²) in [6.45, 7) is 0. The number of para-hydroxylation sites is 2. The van der Waals surface area contributed by atoms with Gasteiger partial charge in [0.15, 0.2) is 5.82 Å². The van der Waals surface area contributed by atoms with Gasteiger partial charge in [0.05, 0.1) is 26.9 Å². The van der Waals surface area contributed by atoms with E-state index in [1.54, 1.807) is 0 Å². The molecule has 3 nitrogen and oxygen atoms in total. The number of hydrogen-bond donors (Lipinski definition) is 0. The SMILES string of the molecule is c1ccc(-c2nc(-c3cccc(-n4c5ccccc5c5c6ccccc6c6c7ccccc7sc6c54)c3)nc3ccccc23)cc1. The molecule has 0 aliphatic heterocycles. The normalized spacial score (nSPS) is 11.9. The second kappa shape index (κ2) is 9.83. The highest BCUT2D eigenvalue weighted by molar-refractivity contribution is 7.27. The molecule has 7 aromatic carbocycles. The number of nitrogens with zero attached hydrogens (tertiary/aromatic N) is 3. The first-order valence-corrected chi connectivity index (χ1v) is 16.3. The Balaban J connectivity index is 1.30. The Morgan fingerprint density at radius 3 is 1.98 bits per heavy atom. The molecule has 0 amide bonds. The zero-order valence-corrected chi connectivity index (χ0v) is 25.5. The largest absolute Gasteiger partial charge is 0.308 e. The van der Waals surface area contributed by atoms with Crippen LogP contribution >= 0.6 is 11.3 Å². The average Bonchev–Trinajstić information content (AvgIpc) is 3.69. The van der Waals surface area contributed by atoms with Crippen LogP contribution in [0.1, 0.15) is 0 Å². The van der Waals surface area contributed by atoms with Crippen LogP contribution in [0.2, 0.25) is 0 Å². The molecule has 214 valence electrons. The standard InChI is InChI=1S/C42H25N3S/c1-2-13-26(14-3-1)39-31-19-6-9-22-34(31)43-42(44-39)27-15-12-16-28(25-27)45-35-23-10-7-20-32(35)37-29-17-4-5-18-30(29)38-33-21-8-11-24-36(33)46-41(38)40(37)45/h1-25H. The summed E-state index contributed by atoms with van der Waals surface area (Å²) in [6, 6.07) is 53.9. The van der Waals surface area contributed by atoms with E-state index >= 15 is 0 Å². The van der Waals surface area contributed by atoms with Gasteiger partial charge in [0.2, 0.25) is 0 Å². The van der Waals surface area contributed by atoms with Gasteiger partial charge >= 0.3 is 0 Å². The van der Waals surface area contributed by atoms with E-state index in [2.05, 4.69) is 144 Å². The fourth-order valence-electron chi connectivity index (χ4n) is 7.20. The molecule has 0 atom stereocenters. The quantitative estimate of drug-likeness (QED) is 0.201. The maximum Gasteiger partial charge on any atom is 0.160 e. The molecule has 0 saturated heterocycles. The van der Waals surface area contributed by atoms with E-state index in [1.165, 1.54) is 52.8 Å². The summed E-state index contributed by atoms with van der Waals surface area (Å²) in [6.07, 6.45) is 0. The lowest BCUT2D eigenvalue weighted by Crippen LogP contribution is -1.98. The van der Waals surface area contributed by atoms with Gasteiger partial charge < -0.3 is 4.57 Å². The van der Waals surface area contributed by atoms with Gasteiger partial charge in [0.25, 0.3) is 0 Å². The zero-order chi connectivity index (χ0) is 30.2. The maximum atomic E-state index is 5.19. The van der Waals surface area contributed by atoms with Gasteiger partial charge in [0, 0.05) is 48.4 Å². The van der Waals surface area contributed by atoms with E-state index in [1.807, 2.05) is 23.5 Å². The molecule has 0 bridgehead atoms. The summed E-state index contributed by atoms with van der Waals surface area (Å²) in [4.78, 5) is 10.3. The monoisotopic (exact) mass is 603 g/mol. The highest BCUT2D eigenvalue weighted by atomic mass is 32.1. The topological polar surface area (TPSA) is 30.7 Å². The molecule has 0 radical (unpaired) electrons. The molecule has 0 unspecified atom stereocenters. The van der Waals surface area contributed by atoms with Crippen LogP contribution in [0.25, 0.3) is 92.0 Å². The van der Waals surface area contributed by atoms with Crippen molar-refractivity contribution in [2.45, 2.75) is 0 Å². The van der Waals surface area contributed by atoms with Crippen molar-refractivity contribution < 1.29 is 0 Å². The lowest BCUT2D eigenvalue weighted by molar-refractivity contribution is 1.18. The van der Waals surface area contributed by atoms with Gasteiger partial charge in [-0.3, -0.25) is 0 Å². The lowest BCUT2D eigenvalue weighted by atomic mass is 9.99. The van der Waals surface area contributed by atoms with Gasteiger partial charge in [-0.05, 0) is 41.1 Å². The summed E-state index contributed by atoms with van der Waals surface area (Å²) in [5.74, 6) is 0.720. The summed E-state index contributed by atoms with van der Waals surface area (Å²) < 4.78 is 5.07. The fourth-order valence-corrected chi connectivity index (χ4v) is 8.46. The number of aromatic nitrogens is 3. The van der Waals surface area contributed by atoms with E-state index in [0.717, 1.165) is 39.2 Å². The Hall–Kier alpha value is -5.84. The van der Waals surface area contributed by atoms with E-state index in [-0.39, 0.29) is 0 Å². The highest BCUT2D eigenvalue weighted by Gasteiger charge is 2.22. The van der Waals surface area contributed by atoms with Crippen LogP contribution in [-0.4, -0.2) is 14.5 Å². The van der Waals surface area contributed by atoms with E-state index < -0.39 is 0 Å². The molecular formula is C42H25N3S. The molecule has 0 N–H and O–H groups in total. The Morgan fingerprint density at radius 2 is 1.13 bits per heavy atom. The van der Waals surface area contributed by atoms with Crippen molar-refractivity contribution >= 4 is 75.0 Å². The molecule has 46 heavy (non-hydrogen) atoms. The van der Waals surface area contributed by atoms with Crippen molar-refractivity contribution in [1.82, 2.24) is 14.5 Å². The smallest absolute Gasteiger partial charge is 0.160 e. The summed E-state index contributed by atoms with van der Waals surface area (Å²) in [5.41, 5.74) is 7.48. The van der Waals surface area contributed by atoms with Crippen molar-refractivity contribution in [3.05, 3.63) is 152 Å². The number of hydrogen-bond acceptors (Lipinski definition) is 3. The van der Waals surface area contributed by atoms with Crippen LogP contribution in [0, 0.1) is 0 Å². The van der Waals surface area contributed by atoms with Gasteiger partial charge in [-0.15, -0.1) is 11.3 Å². The third-order valence-corrected chi connectivity index (χ3v) is 10.3. The molecule has 0 spiro atoms. The second-order valence-corrected chi connectivity index (χ2v) is 12.8. The average molecular weight is 604 g/mol. The van der Waals surface area contributed by atoms with Gasteiger partial charge in [0.1, 0.15) is 0 Å². The Kier molecular flexibility index (Phi) is 5.45. The van der Waals surface area contributed by atoms with Crippen LogP contribution in [0.5, 0.6) is 0 Å². The van der Waals surface area contributed by atoms with Gasteiger partial charge in [-0.2, -0.15) is 0 Å².